The average Bonchev–Trinajstić information content (AvgIpc) is 2.72. The fourth-order valence-electron chi connectivity index (χ4n) is 0.733. The number of aromatic nitrogens is 3. The molecule has 0 aliphatic heterocycles. The Labute approximate surface area is 64.6 Å². The molecule has 0 unspecified atom stereocenters. The predicted molar refractivity (Wildman–Crippen MR) is 38.9 cm³/mol. The molecule has 0 aliphatic carbocycles. The molecule has 64 valence electrons. The van der Waals surface area contributed by atoms with Crippen LogP contribution in [-0.2, 0) is 4.79 Å². The summed E-state index contributed by atoms with van der Waals surface area (Å²) in [6, 6.07) is 0. The number of carbonyl (C=O) groups is 1. The van der Waals surface area contributed by atoms with Crippen LogP contribution in [0.3, 0.4) is 0 Å². The van der Waals surface area contributed by atoms with Crippen LogP contribution in [0.1, 0.15) is 32.6 Å². The Balaban J connectivity index is 1.98. The third-order valence-corrected chi connectivity index (χ3v) is 1.38. The fourth-order valence-corrected chi connectivity index (χ4v) is 0.733. The molecule has 0 atom stereocenters. The summed E-state index contributed by atoms with van der Waals surface area (Å²) in [6.45, 7) is 2.10. The highest BCUT2D eigenvalue weighted by molar-refractivity contribution is 5.69. The maximum Gasteiger partial charge on any atom is 0.336 e. The zero-order chi connectivity index (χ0) is 8.10. The summed E-state index contributed by atoms with van der Waals surface area (Å²) in [6.07, 6.45) is 3.60. The number of unbranched alkanes of at least 4 members (excludes halogenated alkanes) is 2. The van der Waals surface area contributed by atoms with E-state index in [0.29, 0.717) is 6.42 Å². The van der Waals surface area contributed by atoms with Gasteiger partial charge in [0.25, 0.3) is 0 Å². The van der Waals surface area contributed by atoms with Gasteiger partial charge in [0.2, 0.25) is 0 Å². The van der Waals surface area contributed by atoms with Gasteiger partial charge in [-0.1, -0.05) is 19.8 Å². The van der Waals surface area contributed by atoms with Crippen molar-refractivity contribution in [3.8, 4) is 0 Å². The summed E-state index contributed by atoms with van der Waals surface area (Å²) in [4.78, 5) is 16.7. The molecule has 1 heterocycles. The zero-order valence-corrected chi connectivity index (χ0v) is 6.59. The Bertz CT molecular complexity index is 190. The standard InChI is InChI=1S/C6H13N3O2/c1-2-3-4-5-6(10)11-9-7-8-9/h7-8H,2-5H2,1H3. The minimum Gasteiger partial charge on any atom is -0.303 e. The lowest BCUT2D eigenvalue weighted by Crippen LogP contribution is -2.15. The number of nitrogens with one attached hydrogen (secondary N) is 2. The van der Waals surface area contributed by atoms with Crippen LogP contribution < -0.4 is 4.84 Å². The van der Waals surface area contributed by atoms with E-state index in [9.17, 15) is 4.79 Å². The number of carbonyl (C=O) groups excluding carboxylic acids is 1. The molecule has 5 nitrogen and oxygen atoms in total. The van der Waals surface area contributed by atoms with Gasteiger partial charge in [-0.15, -0.1) is 0 Å². The van der Waals surface area contributed by atoms with Gasteiger partial charge < -0.3 is 4.84 Å². The molecular weight excluding hydrogens is 146 g/mol. The van der Waals surface area contributed by atoms with Crippen molar-refractivity contribution in [1.29, 1.82) is 0 Å². The van der Waals surface area contributed by atoms with Gasteiger partial charge in [-0.2, -0.15) is 10.4 Å². The number of hydrogen-bond donors (Lipinski definition) is 2. The van der Waals surface area contributed by atoms with E-state index in [1.807, 2.05) is 0 Å². The van der Waals surface area contributed by atoms with E-state index in [1.54, 1.807) is 0 Å². The molecule has 0 radical (unpaired) electrons. The number of H-pyrrole nitrogens is 2. The van der Waals surface area contributed by atoms with Gasteiger partial charge in [0.05, 0.1) is 0 Å². The molecule has 0 aliphatic rings. The molecule has 11 heavy (non-hydrogen) atoms. The molecule has 1 aromatic rings. The highest BCUT2D eigenvalue weighted by Gasteiger charge is 2.04. The Morgan fingerprint density at radius 2 is 2.18 bits per heavy atom. The fraction of sp³-hybridized carbons (Fsp3) is 0.833. The van der Waals surface area contributed by atoms with Crippen LogP contribution in [0, 0.1) is 0 Å². The average molecular weight is 159 g/mol. The molecule has 2 N–H and O–H groups in total. The minimum absolute atomic E-state index is 0.198. The predicted octanol–water partition coefficient (Wildman–Crippen LogP) is 0.680. The second-order valence-corrected chi connectivity index (χ2v) is 2.44. The Kier molecular flexibility index (Phi) is 2.83. The van der Waals surface area contributed by atoms with Crippen molar-refractivity contribution >= 4 is 5.97 Å². The van der Waals surface area contributed by atoms with Crippen LogP contribution in [0.25, 0.3) is 0 Å². The van der Waals surface area contributed by atoms with Gasteiger partial charge in [-0.05, 0) is 11.4 Å². The highest BCUT2D eigenvalue weighted by Crippen LogP contribution is 1.98. The van der Waals surface area contributed by atoms with E-state index in [-0.39, 0.29) is 5.97 Å². The van der Waals surface area contributed by atoms with E-state index in [0.717, 1.165) is 19.3 Å². The summed E-state index contributed by atoms with van der Waals surface area (Å²) < 4.78 is 0. The lowest BCUT2D eigenvalue weighted by Gasteiger charge is -1.95. The van der Waals surface area contributed by atoms with Crippen molar-refractivity contribution in [1.82, 2.24) is 15.4 Å². The summed E-state index contributed by atoms with van der Waals surface area (Å²) in [5.74, 6) is -0.198. The van der Waals surface area contributed by atoms with E-state index < -0.39 is 0 Å². The third kappa shape index (κ3) is 3.54. The van der Waals surface area contributed by atoms with Gasteiger partial charge >= 0.3 is 5.97 Å². The molecule has 0 bridgehead atoms. The maximum absolute atomic E-state index is 10.8. The molecule has 0 spiro atoms. The van der Waals surface area contributed by atoms with Gasteiger partial charge in [0.15, 0.2) is 0 Å². The van der Waals surface area contributed by atoms with Crippen LogP contribution in [0.5, 0.6) is 0 Å². The van der Waals surface area contributed by atoms with E-state index >= 15 is 0 Å². The highest BCUT2D eigenvalue weighted by atomic mass is 16.7. The molecule has 0 aromatic carbocycles. The SMILES string of the molecule is CCCCCC(=O)On1[nH][nH]1. The van der Waals surface area contributed by atoms with E-state index in [4.69, 9.17) is 0 Å². The lowest BCUT2D eigenvalue weighted by molar-refractivity contribution is -0.144. The Hall–Kier alpha value is -1.13. The van der Waals surface area contributed by atoms with E-state index in [2.05, 4.69) is 22.2 Å². The Morgan fingerprint density at radius 1 is 1.45 bits per heavy atom. The van der Waals surface area contributed by atoms with Crippen molar-refractivity contribution in [3.05, 3.63) is 0 Å². The monoisotopic (exact) mass is 159 g/mol. The van der Waals surface area contributed by atoms with Gasteiger partial charge in [-0.25, -0.2) is 4.79 Å². The number of aromatic amines is 2. The first-order chi connectivity index (χ1) is 5.33. The maximum atomic E-state index is 10.8. The topological polar surface area (TPSA) is 62.8 Å². The summed E-state index contributed by atoms with van der Waals surface area (Å²) in [5.41, 5.74) is 0. The minimum atomic E-state index is -0.198. The van der Waals surface area contributed by atoms with Gasteiger partial charge in [0, 0.05) is 6.42 Å². The van der Waals surface area contributed by atoms with Gasteiger partial charge in [-0.3, -0.25) is 0 Å². The number of nitrogens with zero attached hydrogens (tertiary/aromatic N) is 1. The summed E-state index contributed by atoms with van der Waals surface area (Å²) in [7, 11) is 0. The number of hydrogen-bond acceptors (Lipinski definition) is 2. The zero-order valence-electron chi connectivity index (χ0n) is 6.59. The smallest absolute Gasteiger partial charge is 0.303 e. The third-order valence-electron chi connectivity index (χ3n) is 1.38. The van der Waals surface area contributed by atoms with Crippen LogP contribution >= 0.6 is 0 Å². The van der Waals surface area contributed by atoms with Crippen molar-refractivity contribution in [2.24, 2.45) is 0 Å². The Morgan fingerprint density at radius 3 is 2.73 bits per heavy atom. The summed E-state index contributed by atoms with van der Waals surface area (Å²) >= 11 is 0. The van der Waals surface area contributed by atoms with Crippen molar-refractivity contribution in [3.63, 3.8) is 0 Å². The van der Waals surface area contributed by atoms with Crippen LogP contribution in [-0.4, -0.2) is 21.4 Å². The van der Waals surface area contributed by atoms with E-state index in [1.165, 1.54) is 4.96 Å². The van der Waals surface area contributed by atoms with Gasteiger partial charge in [0.1, 0.15) is 0 Å². The molecule has 1 aromatic heterocycles. The first-order valence-corrected chi connectivity index (χ1v) is 3.85. The van der Waals surface area contributed by atoms with Crippen molar-refractivity contribution in [2.45, 2.75) is 32.6 Å². The molecule has 0 fully saturated rings. The molecule has 0 amide bonds. The molecule has 0 saturated carbocycles. The van der Waals surface area contributed by atoms with Crippen LogP contribution in [0.15, 0.2) is 0 Å². The number of rotatable bonds is 5. The molecule has 1 rings (SSSR count). The first kappa shape index (κ1) is 7.97. The normalized spacial score (nSPS) is 10.3. The largest absolute Gasteiger partial charge is 0.336 e. The van der Waals surface area contributed by atoms with Crippen LogP contribution in [0.4, 0.5) is 0 Å². The molecular formula is C6H13N3O2. The van der Waals surface area contributed by atoms with Crippen molar-refractivity contribution < 1.29 is 9.63 Å². The molecule has 5 heteroatoms. The first-order valence-electron chi connectivity index (χ1n) is 3.85. The summed E-state index contributed by atoms with van der Waals surface area (Å²) in [5, 5.41) is 4.99. The van der Waals surface area contributed by atoms with Crippen LogP contribution in [0.2, 0.25) is 0 Å². The van der Waals surface area contributed by atoms with Crippen molar-refractivity contribution in [2.75, 3.05) is 0 Å². The second kappa shape index (κ2) is 3.90. The molecule has 0 saturated heterocycles. The second-order valence-electron chi connectivity index (χ2n) is 2.44. The lowest BCUT2D eigenvalue weighted by atomic mass is 10.2. The quantitative estimate of drug-likeness (QED) is 0.490.